The molecule has 0 atom stereocenters. The fourth-order valence-electron chi connectivity index (χ4n) is 0.831. The van der Waals surface area contributed by atoms with Crippen LogP contribution < -0.4 is 0 Å². The summed E-state index contributed by atoms with van der Waals surface area (Å²) in [6.07, 6.45) is 7.97. The second-order valence-electron chi connectivity index (χ2n) is 2.37. The molecule has 0 aliphatic rings. The van der Waals surface area contributed by atoms with Gasteiger partial charge in [0.2, 0.25) is 0 Å². The van der Waals surface area contributed by atoms with E-state index in [1.165, 1.54) is 25.7 Å². The van der Waals surface area contributed by atoms with Crippen LogP contribution in [-0.4, -0.2) is 6.29 Å². The molecule has 0 fully saturated rings. The molecule has 1 radical (unpaired) electrons. The molecule has 2 heteroatoms. The van der Waals surface area contributed by atoms with Crippen LogP contribution in [0.1, 0.15) is 45.4 Å². The Morgan fingerprint density at radius 1 is 1.10 bits per heavy atom. The van der Waals surface area contributed by atoms with E-state index in [0.29, 0.717) is 0 Å². The van der Waals surface area contributed by atoms with Crippen molar-refractivity contribution in [2.75, 3.05) is 0 Å². The van der Waals surface area contributed by atoms with Crippen LogP contribution in [-0.2, 0) is 27.2 Å². The molecule has 0 aromatic rings. The van der Waals surface area contributed by atoms with Gasteiger partial charge in [-0.05, 0) is 6.42 Å². The molecule has 0 rings (SSSR count). The number of hydrogen-bond acceptors (Lipinski definition) is 1. The molecule has 0 aromatic heterocycles. The van der Waals surface area contributed by atoms with E-state index in [1.54, 1.807) is 0 Å². The van der Waals surface area contributed by atoms with Gasteiger partial charge in [0, 0.05) is 28.8 Å². The third-order valence-corrected chi connectivity index (χ3v) is 1.43. The Bertz CT molecular complexity index is 64.3. The van der Waals surface area contributed by atoms with Crippen molar-refractivity contribution < 1.29 is 27.2 Å². The number of hydrogen-bond donors (Lipinski definition) is 0. The average Bonchev–Trinajstić information content (AvgIpc) is 1.89. The summed E-state index contributed by atoms with van der Waals surface area (Å²) in [6, 6.07) is 0. The summed E-state index contributed by atoms with van der Waals surface area (Å²) < 4.78 is 0. The minimum Gasteiger partial charge on any atom is -0.303 e. The van der Waals surface area contributed by atoms with Crippen molar-refractivity contribution in [1.82, 2.24) is 0 Å². The topological polar surface area (TPSA) is 17.1 Å². The van der Waals surface area contributed by atoms with E-state index in [2.05, 4.69) is 6.92 Å². The van der Waals surface area contributed by atoms with Crippen molar-refractivity contribution >= 4 is 6.29 Å². The smallest absolute Gasteiger partial charge is 0.119 e. The number of rotatable bonds is 6. The zero-order chi connectivity index (χ0) is 6.95. The molecule has 59 valence electrons. The van der Waals surface area contributed by atoms with E-state index >= 15 is 0 Å². The van der Waals surface area contributed by atoms with Gasteiger partial charge in [-0.25, -0.2) is 0 Å². The van der Waals surface area contributed by atoms with Crippen LogP contribution in [0.5, 0.6) is 0 Å². The predicted octanol–water partition coefficient (Wildman–Crippen LogP) is 2.54. The monoisotopic (exact) mass is 309 g/mol. The first-order chi connectivity index (χ1) is 4.41. The summed E-state index contributed by atoms with van der Waals surface area (Å²) in [6.45, 7) is 2.19. The van der Waals surface area contributed by atoms with Crippen molar-refractivity contribution in [1.29, 1.82) is 0 Å². The zero-order valence-electron chi connectivity index (χ0n) is 6.68. The molecular formula is C8H16OTa. The van der Waals surface area contributed by atoms with Gasteiger partial charge in [0.05, 0.1) is 0 Å². The molecule has 0 saturated carbocycles. The quantitative estimate of drug-likeness (QED) is 0.544. The molecular weight excluding hydrogens is 293 g/mol. The van der Waals surface area contributed by atoms with Gasteiger partial charge >= 0.3 is 0 Å². The van der Waals surface area contributed by atoms with Crippen molar-refractivity contribution in [3.05, 3.63) is 0 Å². The minimum atomic E-state index is 0. The molecule has 0 aliphatic heterocycles. The standard InChI is InChI=1S/C8H16O.Ta/c1-2-3-4-5-6-7-8-9;/h8H,2-7H2,1H3;. The second-order valence-corrected chi connectivity index (χ2v) is 2.37. The maximum atomic E-state index is 9.84. The van der Waals surface area contributed by atoms with Crippen molar-refractivity contribution in [2.24, 2.45) is 0 Å². The Morgan fingerprint density at radius 3 is 2.20 bits per heavy atom. The Morgan fingerprint density at radius 2 is 1.70 bits per heavy atom. The molecule has 0 saturated heterocycles. The summed E-state index contributed by atoms with van der Waals surface area (Å²) in [5.41, 5.74) is 0. The number of carbonyl (C=O) groups is 1. The first kappa shape index (κ1) is 13.0. The van der Waals surface area contributed by atoms with E-state index < -0.39 is 0 Å². The maximum Gasteiger partial charge on any atom is 0.119 e. The van der Waals surface area contributed by atoms with E-state index in [0.717, 1.165) is 19.1 Å². The van der Waals surface area contributed by atoms with Gasteiger partial charge in [-0.2, -0.15) is 0 Å². The van der Waals surface area contributed by atoms with Crippen LogP contribution in [0.15, 0.2) is 0 Å². The molecule has 0 aromatic carbocycles. The van der Waals surface area contributed by atoms with E-state index in [1.807, 2.05) is 0 Å². The van der Waals surface area contributed by atoms with Crippen LogP contribution in [0.2, 0.25) is 0 Å². The molecule has 0 aliphatic carbocycles. The first-order valence-electron chi connectivity index (χ1n) is 3.85. The third kappa shape index (κ3) is 11.2. The predicted molar refractivity (Wildman–Crippen MR) is 39.4 cm³/mol. The van der Waals surface area contributed by atoms with Gasteiger partial charge < -0.3 is 4.79 Å². The second kappa shape index (κ2) is 12.1. The molecule has 0 N–H and O–H groups in total. The van der Waals surface area contributed by atoms with E-state index in [9.17, 15) is 4.79 Å². The first-order valence-corrected chi connectivity index (χ1v) is 3.85. The Kier molecular flexibility index (Phi) is 15.8. The summed E-state index contributed by atoms with van der Waals surface area (Å²) in [5, 5.41) is 0. The van der Waals surface area contributed by atoms with Gasteiger partial charge in [0.1, 0.15) is 6.29 Å². The maximum absolute atomic E-state index is 9.84. The van der Waals surface area contributed by atoms with Crippen LogP contribution in [0, 0.1) is 0 Å². The Hall–Kier alpha value is 0.410. The van der Waals surface area contributed by atoms with Crippen molar-refractivity contribution in [3.8, 4) is 0 Å². The SMILES string of the molecule is CCCCCCCC=O.[Ta]. The number of unbranched alkanes of at least 4 members (excludes halogenated alkanes) is 5. The van der Waals surface area contributed by atoms with Crippen LogP contribution >= 0.6 is 0 Å². The van der Waals surface area contributed by atoms with Crippen LogP contribution in [0.3, 0.4) is 0 Å². The van der Waals surface area contributed by atoms with Gasteiger partial charge in [-0.15, -0.1) is 0 Å². The summed E-state index contributed by atoms with van der Waals surface area (Å²) in [5.74, 6) is 0. The number of aldehydes is 1. The Balaban J connectivity index is 0. The fourth-order valence-corrected chi connectivity index (χ4v) is 0.831. The fraction of sp³-hybridized carbons (Fsp3) is 0.875. The van der Waals surface area contributed by atoms with E-state index in [4.69, 9.17) is 0 Å². The minimum absolute atomic E-state index is 0. The molecule has 10 heavy (non-hydrogen) atoms. The normalized spacial score (nSPS) is 8.50. The van der Waals surface area contributed by atoms with Gasteiger partial charge in [-0.1, -0.05) is 32.6 Å². The average molecular weight is 309 g/mol. The van der Waals surface area contributed by atoms with Crippen LogP contribution in [0.25, 0.3) is 0 Å². The summed E-state index contributed by atoms with van der Waals surface area (Å²) in [4.78, 5) is 9.84. The van der Waals surface area contributed by atoms with Crippen LogP contribution in [0.4, 0.5) is 0 Å². The van der Waals surface area contributed by atoms with Gasteiger partial charge in [0.15, 0.2) is 0 Å². The number of carbonyl (C=O) groups excluding carboxylic acids is 1. The van der Waals surface area contributed by atoms with Gasteiger partial charge in [-0.3, -0.25) is 0 Å². The molecule has 0 bridgehead atoms. The van der Waals surface area contributed by atoms with Gasteiger partial charge in [0.25, 0.3) is 0 Å². The van der Waals surface area contributed by atoms with E-state index in [-0.39, 0.29) is 22.4 Å². The third-order valence-electron chi connectivity index (χ3n) is 1.43. The largest absolute Gasteiger partial charge is 0.303 e. The Labute approximate surface area is 79.1 Å². The molecule has 1 nitrogen and oxygen atoms in total. The van der Waals surface area contributed by atoms with Crippen molar-refractivity contribution in [3.63, 3.8) is 0 Å². The molecule has 0 heterocycles. The molecule has 0 amide bonds. The van der Waals surface area contributed by atoms with Crippen molar-refractivity contribution in [2.45, 2.75) is 45.4 Å². The molecule has 0 spiro atoms. The summed E-state index contributed by atoms with van der Waals surface area (Å²) >= 11 is 0. The summed E-state index contributed by atoms with van der Waals surface area (Å²) in [7, 11) is 0. The molecule has 0 unspecified atom stereocenters. The zero-order valence-corrected chi connectivity index (χ0v) is 9.89.